The second kappa shape index (κ2) is 5.51. The lowest BCUT2D eigenvalue weighted by molar-refractivity contribution is -0.141. The van der Waals surface area contributed by atoms with E-state index in [1.165, 1.54) is 7.11 Å². The van der Waals surface area contributed by atoms with E-state index in [9.17, 15) is 14.4 Å². The van der Waals surface area contributed by atoms with Gasteiger partial charge in [0.25, 0.3) is 0 Å². The summed E-state index contributed by atoms with van der Waals surface area (Å²) in [5.41, 5.74) is 0.508. The summed E-state index contributed by atoms with van der Waals surface area (Å²) >= 11 is 0. The first-order chi connectivity index (χ1) is 9.11. The molecule has 2 rings (SSSR count). The molecule has 3 amide bonds. The van der Waals surface area contributed by atoms with Crippen LogP contribution in [0.15, 0.2) is 24.3 Å². The second-order valence-electron chi connectivity index (χ2n) is 4.12. The number of nitrogens with one attached hydrogen (secondary N) is 1. The number of nitrogens with zero attached hydrogens (tertiary/aromatic N) is 1. The minimum atomic E-state index is -0.423. The Morgan fingerprint density at radius 1 is 1.26 bits per heavy atom. The standard InChI is InChI=1S/C13H14N2O4/c1-19-10-5-3-2-4-9(10)14-11(16)8-15-12(17)6-7-13(15)18/h2-5H,6-8H2,1H3,(H,14,16). The van der Waals surface area contributed by atoms with Crippen molar-refractivity contribution in [3.05, 3.63) is 24.3 Å². The van der Waals surface area contributed by atoms with Crippen molar-refractivity contribution in [2.24, 2.45) is 0 Å². The Hall–Kier alpha value is -2.37. The first-order valence-corrected chi connectivity index (χ1v) is 5.88. The van der Waals surface area contributed by atoms with Crippen molar-refractivity contribution in [3.8, 4) is 5.75 Å². The third-order valence-corrected chi connectivity index (χ3v) is 2.84. The molecule has 1 saturated heterocycles. The number of hydrogen-bond acceptors (Lipinski definition) is 4. The summed E-state index contributed by atoms with van der Waals surface area (Å²) in [5.74, 6) is -0.511. The highest BCUT2D eigenvalue weighted by Crippen LogP contribution is 2.23. The number of para-hydroxylation sites is 2. The van der Waals surface area contributed by atoms with Crippen molar-refractivity contribution in [3.63, 3.8) is 0 Å². The average molecular weight is 262 g/mol. The van der Waals surface area contributed by atoms with Crippen LogP contribution in [-0.4, -0.2) is 36.3 Å². The van der Waals surface area contributed by atoms with Gasteiger partial charge in [0.2, 0.25) is 17.7 Å². The minimum Gasteiger partial charge on any atom is -0.495 e. The number of imide groups is 1. The molecule has 1 aliphatic heterocycles. The largest absolute Gasteiger partial charge is 0.495 e. The molecular formula is C13H14N2O4. The lowest BCUT2D eigenvalue weighted by Crippen LogP contribution is -2.36. The zero-order chi connectivity index (χ0) is 13.8. The van der Waals surface area contributed by atoms with E-state index in [0.29, 0.717) is 11.4 Å². The van der Waals surface area contributed by atoms with Gasteiger partial charge in [-0.05, 0) is 12.1 Å². The van der Waals surface area contributed by atoms with Crippen molar-refractivity contribution < 1.29 is 19.1 Å². The average Bonchev–Trinajstić information content (AvgIpc) is 2.71. The topological polar surface area (TPSA) is 75.7 Å². The quantitative estimate of drug-likeness (QED) is 0.814. The zero-order valence-electron chi connectivity index (χ0n) is 10.5. The molecule has 0 aromatic heterocycles. The molecule has 0 saturated carbocycles. The van der Waals surface area contributed by atoms with Crippen molar-refractivity contribution in [2.45, 2.75) is 12.8 Å². The summed E-state index contributed by atoms with van der Waals surface area (Å²) in [6, 6.07) is 6.93. The summed E-state index contributed by atoms with van der Waals surface area (Å²) < 4.78 is 5.10. The van der Waals surface area contributed by atoms with Gasteiger partial charge >= 0.3 is 0 Å². The lowest BCUT2D eigenvalue weighted by Gasteiger charge is -2.14. The molecule has 19 heavy (non-hydrogen) atoms. The van der Waals surface area contributed by atoms with Gasteiger partial charge in [0.05, 0.1) is 12.8 Å². The minimum absolute atomic E-state index is 0.181. The fourth-order valence-electron chi connectivity index (χ4n) is 1.88. The Balaban J connectivity index is 2.01. The van der Waals surface area contributed by atoms with Crippen LogP contribution >= 0.6 is 0 Å². The van der Waals surface area contributed by atoms with E-state index in [-0.39, 0.29) is 31.2 Å². The number of amides is 3. The molecule has 6 heteroatoms. The number of carbonyl (C=O) groups is 3. The second-order valence-corrected chi connectivity index (χ2v) is 4.12. The van der Waals surface area contributed by atoms with Gasteiger partial charge in [-0.15, -0.1) is 0 Å². The molecule has 0 aliphatic carbocycles. The maximum absolute atomic E-state index is 11.8. The van der Waals surface area contributed by atoms with Gasteiger partial charge in [0.15, 0.2) is 0 Å². The number of carbonyl (C=O) groups excluding carboxylic acids is 3. The number of hydrogen-bond donors (Lipinski definition) is 1. The molecule has 100 valence electrons. The molecule has 1 aromatic rings. The van der Waals surface area contributed by atoms with Gasteiger partial charge in [0.1, 0.15) is 12.3 Å². The molecular weight excluding hydrogens is 248 g/mol. The van der Waals surface area contributed by atoms with E-state index in [2.05, 4.69) is 5.32 Å². The zero-order valence-corrected chi connectivity index (χ0v) is 10.5. The van der Waals surface area contributed by atoms with Crippen molar-refractivity contribution in [2.75, 3.05) is 19.0 Å². The van der Waals surface area contributed by atoms with Crippen molar-refractivity contribution in [1.29, 1.82) is 0 Å². The molecule has 0 atom stereocenters. The molecule has 1 aliphatic rings. The summed E-state index contributed by atoms with van der Waals surface area (Å²) in [7, 11) is 1.50. The van der Waals surface area contributed by atoms with Gasteiger partial charge in [0, 0.05) is 12.8 Å². The van der Waals surface area contributed by atoms with Crippen LogP contribution < -0.4 is 10.1 Å². The van der Waals surface area contributed by atoms with E-state index >= 15 is 0 Å². The predicted octanol–water partition coefficient (Wildman–Crippen LogP) is 0.783. The fraction of sp³-hybridized carbons (Fsp3) is 0.308. The van der Waals surface area contributed by atoms with Crippen LogP contribution in [0.4, 0.5) is 5.69 Å². The smallest absolute Gasteiger partial charge is 0.244 e. The Morgan fingerprint density at radius 2 is 1.89 bits per heavy atom. The van der Waals surface area contributed by atoms with Crippen LogP contribution in [0.5, 0.6) is 5.75 Å². The highest BCUT2D eigenvalue weighted by Gasteiger charge is 2.30. The Morgan fingerprint density at radius 3 is 2.53 bits per heavy atom. The maximum Gasteiger partial charge on any atom is 0.244 e. The van der Waals surface area contributed by atoms with E-state index in [1.54, 1.807) is 24.3 Å². The van der Waals surface area contributed by atoms with Gasteiger partial charge in [-0.3, -0.25) is 19.3 Å². The first-order valence-electron chi connectivity index (χ1n) is 5.88. The van der Waals surface area contributed by atoms with Gasteiger partial charge in [-0.2, -0.15) is 0 Å². The van der Waals surface area contributed by atoms with E-state index in [4.69, 9.17) is 4.74 Å². The van der Waals surface area contributed by atoms with E-state index in [0.717, 1.165) is 4.90 Å². The normalized spacial score (nSPS) is 14.7. The number of ether oxygens (including phenoxy) is 1. The van der Waals surface area contributed by atoms with Gasteiger partial charge < -0.3 is 10.1 Å². The lowest BCUT2D eigenvalue weighted by atomic mass is 10.3. The summed E-state index contributed by atoms with van der Waals surface area (Å²) in [6.45, 7) is -0.254. The van der Waals surface area contributed by atoms with Crippen LogP contribution in [0.1, 0.15) is 12.8 Å². The highest BCUT2D eigenvalue weighted by molar-refractivity contribution is 6.06. The maximum atomic E-state index is 11.8. The molecule has 0 spiro atoms. The SMILES string of the molecule is COc1ccccc1NC(=O)CN1C(=O)CCC1=O. The molecule has 1 N–H and O–H groups in total. The van der Waals surface area contributed by atoms with Crippen LogP contribution in [0.25, 0.3) is 0 Å². The van der Waals surface area contributed by atoms with Crippen LogP contribution in [0, 0.1) is 0 Å². The van der Waals surface area contributed by atoms with Crippen LogP contribution in [-0.2, 0) is 14.4 Å². The number of anilines is 1. The first kappa shape index (κ1) is 13.1. The Bertz CT molecular complexity index is 511. The highest BCUT2D eigenvalue weighted by atomic mass is 16.5. The molecule has 0 bridgehead atoms. The molecule has 1 aromatic carbocycles. The summed E-state index contributed by atoms with van der Waals surface area (Å²) in [5, 5.41) is 2.62. The third-order valence-electron chi connectivity index (χ3n) is 2.84. The molecule has 1 heterocycles. The number of rotatable bonds is 4. The molecule has 1 fully saturated rings. The van der Waals surface area contributed by atoms with E-state index < -0.39 is 5.91 Å². The molecule has 0 radical (unpaired) electrons. The van der Waals surface area contributed by atoms with Gasteiger partial charge in [-0.1, -0.05) is 12.1 Å². The summed E-state index contributed by atoms with van der Waals surface area (Å²) in [6.07, 6.45) is 0.363. The monoisotopic (exact) mass is 262 g/mol. The third kappa shape index (κ3) is 2.90. The summed E-state index contributed by atoms with van der Waals surface area (Å²) in [4.78, 5) is 35.6. The van der Waals surface area contributed by atoms with Gasteiger partial charge in [-0.25, -0.2) is 0 Å². The predicted molar refractivity (Wildman–Crippen MR) is 67.6 cm³/mol. The number of benzene rings is 1. The van der Waals surface area contributed by atoms with Crippen molar-refractivity contribution in [1.82, 2.24) is 4.90 Å². The van der Waals surface area contributed by atoms with E-state index in [1.807, 2.05) is 0 Å². The Kier molecular flexibility index (Phi) is 3.79. The van der Waals surface area contributed by atoms with Crippen LogP contribution in [0.3, 0.4) is 0 Å². The molecule has 6 nitrogen and oxygen atoms in total. The number of likely N-dealkylation sites (tertiary alicyclic amines) is 1. The molecule has 0 unspecified atom stereocenters. The number of methoxy groups -OCH3 is 1. The fourth-order valence-corrected chi connectivity index (χ4v) is 1.88. The van der Waals surface area contributed by atoms with Crippen molar-refractivity contribution >= 4 is 23.4 Å². The van der Waals surface area contributed by atoms with Crippen LogP contribution in [0.2, 0.25) is 0 Å². The Labute approximate surface area is 110 Å².